The van der Waals surface area contributed by atoms with E-state index in [-0.39, 0.29) is 17.2 Å². The topological polar surface area (TPSA) is 49.9 Å². The maximum atomic E-state index is 13.8. The zero-order valence-corrected chi connectivity index (χ0v) is 23.9. The van der Waals surface area contributed by atoms with Gasteiger partial charge in [0.15, 0.2) is 0 Å². The van der Waals surface area contributed by atoms with Gasteiger partial charge in [-0.3, -0.25) is 9.59 Å². The summed E-state index contributed by atoms with van der Waals surface area (Å²) >= 11 is 12.4. The van der Waals surface area contributed by atoms with Crippen LogP contribution in [0, 0.1) is 5.41 Å². The van der Waals surface area contributed by atoms with Crippen molar-refractivity contribution in [3.8, 4) is 5.75 Å². The van der Waals surface area contributed by atoms with Gasteiger partial charge in [-0.1, -0.05) is 44.0 Å². The van der Waals surface area contributed by atoms with Crippen LogP contribution in [-0.4, -0.2) is 31.5 Å². The highest BCUT2D eigenvalue weighted by molar-refractivity contribution is 6.31. The van der Waals surface area contributed by atoms with Gasteiger partial charge < -0.3 is 14.5 Å². The molecule has 0 aromatic heterocycles. The Morgan fingerprint density at radius 3 is 2.26 bits per heavy atom. The van der Waals surface area contributed by atoms with Gasteiger partial charge in [-0.25, -0.2) is 0 Å². The summed E-state index contributed by atoms with van der Waals surface area (Å²) < 4.78 is 5.86. The van der Waals surface area contributed by atoms with Crippen LogP contribution in [0.4, 0.5) is 11.4 Å². The van der Waals surface area contributed by atoms with E-state index < -0.39 is 5.92 Å². The number of likely N-dealkylation sites (N-methyl/N-ethyl adjacent to an activating group) is 1. The quantitative estimate of drug-likeness (QED) is 0.298. The standard InChI is InChI=1S/C31H34Cl2N2O3/c1-5-34(24-11-8-22(32)9-12-24)30(37)26-16-18-35(28-15-10-23(33)20-27(26)28)29(36)21-6-13-25(14-7-21)38-19-17-31(2,3)4/h6-15,20,26H,5,16-19H2,1-4H3/t26-/m0/s1. The molecule has 0 fully saturated rings. The molecule has 5 nitrogen and oxygen atoms in total. The van der Waals surface area contributed by atoms with Gasteiger partial charge in [0.25, 0.3) is 5.91 Å². The van der Waals surface area contributed by atoms with Gasteiger partial charge in [0, 0.05) is 40.1 Å². The van der Waals surface area contributed by atoms with Crippen LogP contribution in [0.25, 0.3) is 0 Å². The molecule has 0 saturated heterocycles. The molecule has 1 atom stereocenters. The monoisotopic (exact) mass is 552 g/mol. The van der Waals surface area contributed by atoms with Crippen LogP contribution in [0.3, 0.4) is 0 Å². The Morgan fingerprint density at radius 1 is 0.974 bits per heavy atom. The molecule has 0 bridgehead atoms. The lowest BCUT2D eigenvalue weighted by Gasteiger charge is -2.36. The lowest BCUT2D eigenvalue weighted by molar-refractivity contribution is -0.120. The van der Waals surface area contributed by atoms with Crippen molar-refractivity contribution in [3.63, 3.8) is 0 Å². The van der Waals surface area contributed by atoms with Crippen molar-refractivity contribution in [3.05, 3.63) is 87.9 Å². The first kappa shape index (κ1) is 28.0. The number of amides is 2. The molecule has 1 aliphatic rings. The summed E-state index contributed by atoms with van der Waals surface area (Å²) in [7, 11) is 0. The SMILES string of the molecule is CCN(C(=O)[C@H]1CCN(C(=O)c2ccc(OCCC(C)(C)C)cc2)c2ccc(Cl)cc21)c1ccc(Cl)cc1. The number of ether oxygens (including phenoxy) is 1. The van der Waals surface area contributed by atoms with Gasteiger partial charge in [-0.2, -0.15) is 0 Å². The molecule has 1 heterocycles. The predicted octanol–water partition coefficient (Wildman–Crippen LogP) is 8.00. The van der Waals surface area contributed by atoms with E-state index in [1.54, 1.807) is 46.2 Å². The molecule has 4 rings (SSSR count). The number of halogens is 2. The highest BCUT2D eigenvalue weighted by Gasteiger charge is 2.35. The van der Waals surface area contributed by atoms with Gasteiger partial charge in [-0.05, 0) is 97.5 Å². The molecule has 1 aliphatic heterocycles. The lowest BCUT2D eigenvalue weighted by atomic mass is 9.88. The molecule has 0 spiro atoms. The Morgan fingerprint density at radius 2 is 1.63 bits per heavy atom. The van der Waals surface area contributed by atoms with E-state index in [0.29, 0.717) is 47.4 Å². The van der Waals surface area contributed by atoms with E-state index in [2.05, 4.69) is 20.8 Å². The summed E-state index contributed by atoms with van der Waals surface area (Å²) in [5, 5.41) is 1.15. The van der Waals surface area contributed by atoms with E-state index in [0.717, 1.165) is 23.4 Å². The van der Waals surface area contributed by atoms with E-state index in [1.165, 1.54) is 0 Å². The first-order valence-electron chi connectivity index (χ1n) is 13.0. The number of nitrogens with zero attached hydrogens (tertiary/aromatic N) is 2. The second-order valence-electron chi connectivity index (χ2n) is 10.7. The Labute approximate surface area is 235 Å². The zero-order chi connectivity index (χ0) is 27.4. The molecule has 0 saturated carbocycles. The number of rotatable bonds is 7. The molecule has 3 aromatic rings. The maximum Gasteiger partial charge on any atom is 0.258 e. The number of anilines is 2. The number of carbonyl (C=O) groups is 2. The van der Waals surface area contributed by atoms with Crippen molar-refractivity contribution < 1.29 is 14.3 Å². The summed E-state index contributed by atoms with van der Waals surface area (Å²) in [6, 6.07) is 19.9. The molecule has 3 aromatic carbocycles. The fraction of sp³-hybridized carbons (Fsp3) is 0.355. The van der Waals surface area contributed by atoms with E-state index >= 15 is 0 Å². The van der Waals surface area contributed by atoms with Crippen molar-refractivity contribution >= 4 is 46.4 Å². The average molecular weight is 554 g/mol. The average Bonchev–Trinajstić information content (AvgIpc) is 2.88. The number of carbonyl (C=O) groups excluding carboxylic acids is 2. The molecule has 0 radical (unpaired) electrons. The van der Waals surface area contributed by atoms with Crippen molar-refractivity contribution in [2.24, 2.45) is 5.41 Å². The van der Waals surface area contributed by atoms with Crippen LogP contribution in [0.2, 0.25) is 10.0 Å². The van der Waals surface area contributed by atoms with E-state index in [4.69, 9.17) is 27.9 Å². The van der Waals surface area contributed by atoms with E-state index in [1.807, 2.05) is 37.3 Å². The number of hydrogen-bond acceptors (Lipinski definition) is 3. The van der Waals surface area contributed by atoms with Crippen LogP contribution in [-0.2, 0) is 4.79 Å². The third kappa shape index (κ3) is 6.51. The first-order valence-corrected chi connectivity index (χ1v) is 13.7. The van der Waals surface area contributed by atoms with Crippen LogP contribution in [0.15, 0.2) is 66.7 Å². The van der Waals surface area contributed by atoms with Gasteiger partial charge in [0.2, 0.25) is 5.91 Å². The minimum atomic E-state index is -0.415. The van der Waals surface area contributed by atoms with Crippen molar-refractivity contribution in [1.82, 2.24) is 0 Å². The Balaban J connectivity index is 1.55. The molecule has 200 valence electrons. The van der Waals surface area contributed by atoms with Crippen LogP contribution < -0.4 is 14.5 Å². The molecular formula is C31H34Cl2N2O3. The minimum Gasteiger partial charge on any atom is -0.494 e. The van der Waals surface area contributed by atoms with Gasteiger partial charge in [0.05, 0.1) is 12.5 Å². The molecular weight excluding hydrogens is 519 g/mol. The largest absolute Gasteiger partial charge is 0.494 e. The fourth-order valence-corrected chi connectivity index (χ4v) is 4.96. The van der Waals surface area contributed by atoms with Crippen LogP contribution in [0.1, 0.15) is 62.4 Å². The predicted molar refractivity (Wildman–Crippen MR) is 156 cm³/mol. The molecule has 0 unspecified atom stereocenters. The highest BCUT2D eigenvalue weighted by atomic mass is 35.5. The van der Waals surface area contributed by atoms with Crippen molar-refractivity contribution in [2.45, 2.75) is 46.5 Å². The summed E-state index contributed by atoms with van der Waals surface area (Å²) in [4.78, 5) is 30.8. The molecule has 0 N–H and O–H groups in total. The zero-order valence-electron chi connectivity index (χ0n) is 22.3. The summed E-state index contributed by atoms with van der Waals surface area (Å²) in [6.07, 6.45) is 1.43. The highest BCUT2D eigenvalue weighted by Crippen LogP contribution is 2.39. The Bertz CT molecular complexity index is 1280. The molecule has 0 aliphatic carbocycles. The summed E-state index contributed by atoms with van der Waals surface area (Å²) in [5.41, 5.74) is 3.02. The number of hydrogen-bond donors (Lipinski definition) is 0. The first-order chi connectivity index (χ1) is 18.1. The number of benzene rings is 3. The lowest BCUT2D eigenvalue weighted by Crippen LogP contribution is -2.42. The number of fused-ring (bicyclic) bond motifs is 1. The van der Waals surface area contributed by atoms with Crippen LogP contribution in [0.5, 0.6) is 5.75 Å². The molecule has 2 amide bonds. The summed E-state index contributed by atoms with van der Waals surface area (Å²) in [5.74, 6) is 0.180. The normalized spacial score (nSPS) is 15.1. The Hall–Kier alpha value is -3.02. The third-order valence-corrected chi connectivity index (χ3v) is 7.27. The second kappa shape index (κ2) is 11.8. The van der Waals surface area contributed by atoms with E-state index in [9.17, 15) is 9.59 Å². The molecule has 7 heteroatoms. The van der Waals surface area contributed by atoms with Gasteiger partial charge >= 0.3 is 0 Å². The van der Waals surface area contributed by atoms with Gasteiger partial charge in [0.1, 0.15) is 5.75 Å². The minimum absolute atomic E-state index is 0.0257. The second-order valence-corrected chi connectivity index (χ2v) is 11.6. The third-order valence-electron chi connectivity index (χ3n) is 6.78. The fourth-order valence-electron chi connectivity index (χ4n) is 4.65. The van der Waals surface area contributed by atoms with Gasteiger partial charge in [-0.15, -0.1) is 0 Å². The Kier molecular flexibility index (Phi) is 8.69. The summed E-state index contributed by atoms with van der Waals surface area (Å²) in [6.45, 7) is 10.0. The maximum absolute atomic E-state index is 13.8. The van der Waals surface area contributed by atoms with Crippen molar-refractivity contribution in [1.29, 1.82) is 0 Å². The smallest absolute Gasteiger partial charge is 0.258 e. The molecule has 38 heavy (non-hydrogen) atoms. The van der Waals surface area contributed by atoms with Crippen LogP contribution >= 0.6 is 23.2 Å². The van der Waals surface area contributed by atoms with Crippen molar-refractivity contribution in [2.75, 3.05) is 29.5 Å².